The molecule has 0 saturated heterocycles. The van der Waals surface area contributed by atoms with Crippen molar-refractivity contribution in [2.75, 3.05) is 18.0 Å². The molecule has 21 heavy (non-hydrogen) atoms. The van der Waals surface area contributed by atoms with E-state index in [0.29, 0.717) is 31.6 Å². The fraction of sp³-hybridized carbons (Fsp3) is 0.375. The van der Waals surface area contributed by atoms with E-state index in [4.69, 9.17) is 6.42 Å². The van der Waals surface area contributed by atoms with Gasteiger partial charge in [0.2, 0.25) is 0 Å². The molecule has 0 radical (unpaired) electrons. The number of benzene rings is 1. The lowest BCUT2D eigenvalue weighted by Gasteiger charge is -2.30. The zero-order valence-corrected chi connectivity index (χ0v) is 11.8. The number of fused-ring (bicyclic) bond motifs is 1. The topological polar surface area (TPSA) is 69.6 Å². The molecule has 0 aliphatic carbocycles. The molecule has 0 unspecified atom stereocenters. The summed E-state index contributed by atoms with van der Waals surface area (Å²) in [5.41, 5.74) is 1.70. The molecule has 5 nitrogen and oxygen atoms in total. The molecule has 110 valence electrons. The summed E-state index contributed by atoms with van der Waals surface area (Å²) in [6.45, 7) is 1.12. The Kier molecular flexibility index (Phi) is 4.83. The second-order valence-corrected chi connectivity index (χ2v) is 4.90. The third kappa shape index (κ3) is 3.34. The average Bonchev–Trinajstić information content (AvgIpc) is 2.50. The van der Waals surface area contributed by atoms with Gasteiger partial charge in [-0.2, -0.15) is 0 Å². The van der Waals surface area contributed by atoms with Gasteiger partial charge in [0.15, 0.2) is 0 Å². The molecular formula is C16H18N2O3. The van der Waals surface area contributed by atoms with Gasteiger partial charge in [0, 0.05) is 25.2 Å². The van der Waals surface area contributed by atoms with Crippen LogP contribution in [0.1, 0.15) is 35.2 Å². The molecule has 0 fully saturated rings. The molecule has 1 heterocycles. The van der Waals surface area contributed by atoms with Crippen LogP contribution in [0.4, 0.5) is 10.5 Å². The summed E-state index contributed by atoms with van der Waals surface area (Å²) in [6, 6.07) is 4.85. The van der Waals surface area contributed by atoms with Gasteiger partial charge in [-0.3, -0.25) is 4.90 Å². The van der Waals surface area contributed by atoms with Crippen molar-refractivity contribution in [1.29, 1.82) is 0 Å². The van der Waals surface area contributed by atoms with Crippen molar-refractivity contribution in [1.82, 2.24) is 5.32 Å². The summed E-state index contributed by atoms with van der Waals surface area (Å²) in [6.07, 6.45) is 7.97. The highest BCUT2D eigenvalue weighted by molar-refractivity contribution is 5.97. The number of carboxylic acid groups (broad SMARTS) is 1. The number of carboxylic acids is 1. The molecule has 1 aliphatic heterocycles. The Morgan fingerprint density at radius 3 is 2.95 bits per heavy atom. The van der Waals surface area contributed by atoms with E-state index in [2.05, 4.69) is 11.2 Å². The van der Waals surface area contributed by atoms with Crippen LogP contribution in [-0.2, 0) is 6.42 Å². The van der Waals surface area contributed by atoms with Crippen molar-refractivity contribution in [2.45, 2.75) is 25.7 Å². The fourth-order valence-corrected chi connectivity index (χ4v) is 2.52. The highest BCUT2D eigenvalue weighted by atomic mass is 16.4. The minimum absolute atomic E-state index is 0.199. The summed E-state index contributed by atoms with van der Waals surface area (Å²) in [5, 5.41) is 12.0. The van der Waals surface area contributed by atoms with Crippen molar-refractivity contribution in [2.24, 2.45) is 0 Å². The van der Waals surface area contributed by atoms with Crippen LogP contribution < -0.4 is 10.2 Å². The number of nitrogens with one attached hydrogen (secondary N) is 1. The maximum Gasteiger partial charge on any atom is 0.336 e. The summed E-state index contributed by atoms with van der Waals surface area (Å²) in [4.78, 5) is 25.1. The molecule has 0 bridgehead atoms. The summed E-state index contributed by atoms with van der Waals surface area (Å²) < 4.78 is 0. The van der Waals surface area contributed by atoms with Gasteiger partial charge in [0.1, 0.15) is 0 Å². The van der Waals surface area contributed by atoms with Crippen LogP contribution >= 0.6 is 0 Å². The SMILES string of the molecule is C#CCCCNC(=O)N1CCCc2c(C(=O)O)cccc21. The maximum absolute atomic E-state index is 12.2. The van der Waals surface area contributed by atoms with Crippen molar-refractivity contribution in [3.05, 3.63) is 29.3 Å². The number of amides is 2. The lowest BCUT2D eigenvalue weighted by Crippen LogP contribution is -2.43. The number of rotatable bonds is 4. The quantitative estimate of drug-likeness (QED) is 0.659. The summed E-state index contributed by atoms with van der Waals surface area (Å²) in [5.74, 6) is 1.57. The van der Waals surface area contributed by atoms with E-state index in [1.54, 1.807) is 23.1 Å². The lowest BCUT2D eigenvalue weighted by molar-refractivity contribution is 0.0695. The zero-order chi connectivity index (χ0) is 15.2. The van der Waals surface area contributed by atoms with Crippen LogP contribution in [0.15, 0.2) is 18.2 Å². The van der Waals surface area contributed by atoms with Crippen molar-refractivity contribution < 1.29 is 14.7 Å². The van der Waals surface area contributed by atoms with Gasteiger partial charge < -0.3 is 10.4 Å². The van der Waals surface area contributed by atoms with Crippen LogP contribution in [0.25, 0.3) is 0 Å². The monoisotopic (exact) mass is 286 g/mol. The first-order chi connectivity index (χ1) is 10.1. The predicted octanol–water partition coefficient (Wildman–Crippen LogP) is 2.26. The van der Waals surface area contributed by atoms with Gasteiger partial charge >= 0.3 is 12.0 Å². The van der Waals surface area contributed by atoms with Gasteiger partial charge in [0.05, 0.1) is 5.56 Å². The highest BCUT2D eigenvalue weighted by Gasteiger charge is 2.25. The van der Waals surface area contributed by atoms with Gasteiger partial charge in [0.25, 0.3) is 0 Å². The van der Waals surface area contributed by atoms with Gasteiger partial charge in [-0.1, -0.05) is 6.07 Å². The normalized spacial score (nSPS) is 13.2. The van der Waals surface area contributed by atoms with Crippen molar-refractivity contribution in [3.63, 3.8) is 0 Å². The van der Waals surface area contributed by atoms with Crippen LogP contribution in [0.2, 0.25) is 0 Å². The smallest absolute Gasteiger partial charge is 0.336 e. The molecule has 0 atom stereocenters. The van der Waals surface area contributed by atoms with Crippen LogP contribution in [0.3, 0.4) is 0 Å². The number of hydrogen-bond acceptors (Lipinski definition) is 2. The predicted molar refractivity (Wildman–Crippen MR) is 80.5 cm³/mol. The molecule has 2 rings (SSSR count). The molecule has 2 amide bonds. The Hall–Kier alpha value is -2.48. The van der Waals surface area contributed by atoms with Gasteiger partial charge in [-0.25, -0.2) is 9.59 Å². The van der Waals surface area contributed by atoms with Gasteiger partial charge in [-0.15, -0.1) is 12.3 Å². The van der Waals surface area contributed by atoms with E-state index in [1.807, 2.05) is 0 Å². The molecule has 0 spiro atoms. The number of aromatic carboxylic acids is 1. The third-order valence-corrected chi connectivity index (χ3v) is 3.50. The molecule has 5 heteroatoms. The van der Waals surface area contributed by atoms with Gasteiger partial charge in [-0.05, 0) is 37.0 Å². The molecule has 2 N–H and O–H groups in total. The van der Waals surface area contributed by atoms with Crippen molar-refractivity contribution in [3.8, 4) is 12.3 Å². The molecule has 1 aromatic carbocycles. The average molecular weight is 286 g/mol. The fourth-order valence-electron chi connectivity index (χ4n) is 2.52. The number of carbonyl (C=O) groups is 2. The second kappa shape index (κ2) is 6.80. The second-order valence-electron chi connectivity index (χ2n) is 4.90. The zero-order valence-electron chi connectivity index (χ0n) is 11.8. The number of urea groups is 1. The largest absolute Gasteiger partial charge is 0.478 e. The van der Waals surface area contributed by atoms with E-state index in [1.165, 1.54) is 0 Å². The third-order valence-electron chi connectivity index (χ3n) is 3.50. The summed E-state index contributed by atoms with van der Waals surface area (Å²) in [7, 11) is 0. The standard InChI is InChI=1S/C16H18N2O3/c1-2-3-4-10-17-16(21)18-11-6-8-12-13(15(19)20)7-5-9-14(12)18/h1,5,7,9H,3-4,6,8,10-11H2,(H,17,21)(H,19,20). The van der Waals surface area contributed by atoms with E-state index in [0.717, 1.165) is 18.4 Å². The lowest BCUT2D eigenvalue weighted by atomic mass is 9.96. The number of hydrogen-bond donors (Lipinski definition) is 2. The first-order valence-electron chi connectivity index (χ1n) is 6.99. The molecule has 1 aliphatic rings. The molecule has 0 saturated carbocycles. The van der Waals surface area contributed by atoms with E-state index >= 15 is 0 Å². The number of nitrogens with zero attached hydrogens (tertiary/aromatic N) is 1. The number of carbonyl (C=O) groups excluding carboxylic acids is 1. The Morgan fingerprint density at radius 1 is 1.43 bits per heavy atom. The Balaban J connectivity index is 2.15. The molecule has 1 aromatic rings. The minimum Gasteiger partial charge on any atom is -0.478 e. The minimum atomic E-state index is -0.955. The molecule has 0 aromatic heterocycles. The van der Waals surface area contributed by atoms with E-state index in [-0.39, 0.29) is 11.6 Å². The maximum atomic E-state index is 12.2. The summed E-state index contributed by atoms with van der Waals surface area (Å²) >= 11 is 0. The Morgan fingerprint density at radius 2 is 2.24 bits per heavy atom. The number of terminal acetylenes is 1. The highest BCUT2D eigenvalue weighted by Crippen LogP contribution is 2.29. The first-order valence-corrected chi connectivity index (χ1v) is 6.99. The van der Waals surface area contributed by atoms with Crippen LogP contribution in [0.5, 0.6) is 0 Å². The van der Waals surface area contributed by atoms with E-state index < -0.39 is 5.97 Å². The van der Waals surface area contributed by atoms with Crippen LogP contribution in [0, 0.1) is 12.3 Å². The Labute approximate surface area is 124 Å². The first kappa shape index (κ1) is 14.9. The number of unbranched alkanes of at least 4 members (excludes halogenated alkanes) is 1. The molecular weight excluding hydrogens is 268 g/mol. The number of anilines is 1. The van der Waals surface area contributed by atoms with Crippen molar-refractivity contribution >= 4 is 17.7 Å². The van der Waals surface area contributed by atoms with Crippen LogP contribution in [-0.4, -0.2) is 30.2 Å². The Bertz CT molecular complexity index is 590. The van der Waals surface area contributed by atoms with E-state index in [9.17, 15) is 14.7 Å².